The maximum atomic E-state index is 13.1. The first-order valence-electron chi connectivity index (χ1n) is 8.77. The minimum atomic E-state index is -5.20. The quantitative estimate of drug-likeness (QED) is 0.195. The lowest BCUT2D eigenvalue weighted by Gasteiger charge is -2.30. The number of hydrogen-bond acceptors (Lipinski definition) is 6. The van der Waals surface area contributed by atoms with Crippen LogP contribution in [0.25, 0.3) is 0 Å². The van der Waals surface area contributed by atoms with Crippen LogP contribution in [-0.2, 0) is 24.4 Å². The SMILES string of the molecule is O=C(Oc1c(I)cc(I)cc1I)C1CCCCC1C(=O)OC(CS(=O)(=O)O)C(F)(F)F. The molecule has 3 atom stereocenters. The van der Waals surface area contributed by atoms with Crippen molar-refractivity contribution >= 4 is 89.8 Å². The number of hydrogen-bond donors (Lipinski definition) is 1. The van der Waals surface area contributed by atoms with Crippen LogP contribution in [-0.4, -0.2) is 42.9 Å². The minimum Gasteiger partial charge on any atom is -0.451 e. The van der Waals surface area contributed by atoms with Gasteiger partial charge < -0.3 is 9.47 Å². The number of esters is 2. The van der Waals surface area contributed by atoms with Crippen molar-refractivity contribution in [3.8, 4) is 5.75 Å². The van der Waals surface area contributed by atoms with Gasteiger partial charge in [-0.25, -0.2) is 0 Å². The molecule has 1 aromatic rings. The summed E-state index contributed by atoms with van der Waals surface area (Å²) in [4.78, 5) is 25.3. The van der Waals surface area contributed by atoms with Crippen LogP contribution < -0.4 is 4.74 Å². The second-order valence-corrected chi connectivity index (χ2v) is 11.9. The molecule has 1 saturated carbocycles. The van der Waals surface area contributed by atoms with Gasteiger partial charge in [-0.1, -0.05) is 12.8 Å². The van der Waals surface area contributed by atoms with E-state index in [2.05, 4.69) is 27.3 Å². The van der Waals surface area contributed by atoms with Gasteiger partial charge in [-0.2, -0.15) is 21.6 Å². The Hall–Kier alpha value is 0.0500. The third-order valence-electron chi connectivity index (χ3n) is 4.52. The van der Waals surface area contributed by atoms with E-state index in [0.717, 1.165) is 3.57 Å². The Balaban J connectivity index is 2.21. The summed E-state index contributed by atoms with van der Waals surface area (Å²) in [7, 11) is -5.06. The highest BCUT2D eigenvalue weighted by Crippen LogP contribution is 2.36. The lowest BCUT2D eigenvalue weighted by molar-refractivity contribution is -0.219. The van der Waals surface area contributed by atoms with Crippen LogP contribution in [0.15, 0.2) is 12.1 Å². The fourth-order valence-corrected chi connectivity index (χ4v) is 7.55. The van der Waals surface area contributed by atoms with E-state index >= 15 is 0 Å². The maximum absolute atomic E-state index is 13.1. The van der Waals surface area contributed by atoms with Crippen molar-refractivity contribution in [2.24, 2.45) is 11.8 Å². The Kier molecular flexibility index (Phi) is 9.67. The highest BCUT2D eigenvalue weighted by Gasteiger charge is 2.48. The molecule has 1 fully saturated rings. The first kappa shape index (κ1) is 27.3. The van der Waals surface area contributed by atoms with Crippen LogP contribution >= 0.6 is 67.8 Å². The number of ether oxygens (including phenoxy) is 2. The molecule has 31 heavy (non-hydrogen) atoms. The Bertz CT molecular complexity index is 930. The molecule has 0 radical (unpaired) electrons. The summed E-state index contributed by atoms with van der Waals surface area (Å²) >= 11 is 6.07. The van der Waals surface area contributed by atoms with Crippen LogP contribution in [0.3, 0.4) is 0 Å². The van der Waals surface area contributed by atoms with Crippen molar-refractivity contribution in [2.75, 3.05) is 5.75 Å². The molecule has 7 nitrogen and oxygen atoms in total. The summed E-state index contributed by atoms with van der Waals surface area (Å²) in [6, 6.07) is 3.56. The number of benzene rings is 1. The molecule has 1 aromatic carbocycles. The molecule has 14 heteroatoms. The summed E-state index contributed by atoms with van der Waals surface area (Å²) < 4.78 is 82.0. The number of carbonyl (C=O) groups is 2. The van der Waals surface area contributed by atoms with E-state index in [1.54, 1.807) is 12.1 Å². The molecule has 1 aliphatic carbocycles. The third kappa shape index (κ3) is 8.09. The molecule has 0 saturated heterocycles. The van der Waals surface area contributed by atoms with Crippen molar-refractivity contribution in [1.29, 1.82) is 0 Å². The third-order valence-corrected chi connectivity index (χ3v) is 7.47. The molecular formula is C17H16F3I3O7S. The summed E-state index contributed by atoms with van der Waals surface area (Å²) in [5, 5.41) is 0. The van der Waals surface area contributed by atoms with Crippen molar-refractivity contribution in [3.63, 3.8) is 0 Å². The van der Waals surface area contributed by atoms with Crippen LogP contribution in [0.2, 0.25) is 0 Å². The van der Waals surface area contributed by atoms with E-state index in [1.165, 1.54) is 0 Å². The van der Waals surface area contributed by atoms with Crippen molar-refractivity contribution in [3.05, 3.63) is 22.8 Å². The van der Waals surface area contributed by atoms with Gasteiger partial charge in [0.15, 0.2) is 5.75 Å². The smallest absolute Gasteiger partial charge is 0.426 e. The van der Waals surface area contributed by atoms with Crippen LogP contribution in [0.5, 0.6) is 5.75 Å². The number of rotatable bonds is 6. The van der Waals surface area contributed by atoms with Crippen LogP contribution in [0, 0.1) is 22.5 Å². The Labute approximate surface area is 217 Å². The van der Waals surface area contributed by atoms with E-state index < -0.39 is 51.9 Å². The van der Waals surface area contributed by atoms with Gasteiger partial charge in [-0.05, 0) is 92.7 Å². The second kappa shape index (κ2) is 11.0. The van der Waals surface area contributed by atoms with Crippen molar-refractivity contribution in [1.82, 2.24) is 0 Å². The van der Waals surface area contributed by atoms with Gasteiger partial charge in [-0.3, -0.25) is 14.1 Å². The van der Waals surface area contributed by atoms with E-state index in [-0.39, 0.29) is 12.8 Å². The lowest BCUT2D eigenvalue weighted by atomic mass is 9.79. The number of carbonyl (C=O) groups excluding carboxylic acids is 2. The zero-order chi connectivity index (χ0) is 23.6. The molecule has 174 valence electrons. The summed E-state index contributed by atoms with van der Waals surface area (Å²) in [6.07, 6.45) is -6.88. The largest absolute Gasteiger partial charge is 0.451 e. The van der Waals surface area contributed by atoms with Gasteiger partial charge in [0.05, 0.1) is 19.0 Å². The summed E-state index contributed by atoms with van der Waals surface area (Å²) in [6.45, 7) is 0. The van der Waals surface area contributed by atoms with Crippen molar-refractivity contribution in [2.45, 2.75) is 38.0 Å². The molecule has 0 aromatic heterocycles. The maximum Gasteiger partial charge on any atom is 0.426 e. The van der Waals surface area contributed by atoms with E-state index in [9.17, 15) is 31.2 Å². The average molecular weight is 802 g/mol. The molecule has 0 bridgehead atoms. The zero-order valence-electron chi connectivity index (χ0n) is 15.5. The first-order valence-corrected chi connectivity index (χ1v) is 13.6. The average Bonchev–Trinajstić information content (AvgIpc) is 2.62. The van der Waals surface area contributed by atoms with Gasteiger partial charge in [0.25, 0.3) is 10.1 Å². The molecule has 0 heterocycles. The van der Waals surface area contributed by atoms with Gasteiger partial charge >= 0.3 is 18.1 Å². The van der Waals surface area contributed by atoms with Gasteiger partial charge in [0.2, 0.25) is 6.10 Å². The van der Waals surface area contributed by atoms with E-state index in [0.29, 0.717) is 25.7 Å². The number of alkyl halides is 3. The van der Waals surface area contributed by atoms with Gasteiger partial charge in [-0.15, -0.1) is 0 Å². The molecule has 3 unspecified atom stereocenters. The fraction of sp³-hybridized carbons (Fsp3) is 0.529. The molecule has 0 spiro atoms. The summed E-state index contributed by atoms with van der Waals surface area (Å²) in [5.41, 5.74) is 0. The van der Waals surface area contributed by atoms with E-state index in [1.807, 2.05) is 45.2 Å². The predicted octanol–water partition coefficient (Wildman–Crippen LogP) is 4.57. The van der Waals surface area contributed by atoms with Gasteiger partial charge in [0, 0.05) is 3.57 Å². The number of halogens is 6. The lowest BCUT2D eigenvalue weighted by Crippen LogP contribution is -2.43. The van der Waals surface area contributed by atoms with Crippen molar-refractivity contribution < 1.29 is 45.2 Å². The molecule has 0 aliphatic heterocycles. The van der Waals surface area contributed by atoms with Crippen LogP contribution in [0.4, 0.5) is 13.2 Å². The Morgan fingerprint density at radius 3 is 2.00 bits per heavy atom. The fourth-order valence-electron chi connectivity index (χ4n) is 3.11. The highest BCUT2D eigenvalue weighted by molar-refractivity contribution is 14.1. The molecule has 1 aliphatic rings. The van der Waals surface area contributed by atoms with Gasteiger partial charge in [0.1, 0.15) is 5.75 Å². The molecule has 0 amide bonds. The summed E-state index contributed by atoms with van der Waals surface area (Å²) in [5.74, 6) is -5.89. The standard InChI is InChI=1S/C17H16F3I3O7S/c18-17(19,20)13(7-31(26,27)28)29-15(24)9-3-1-2-4-10(9)16(25)30-14-11(22)5-8(21)6-12(14)23/h5-6,9-10,13H,1-4,7H2,(H,26,27,28). The predicted molar refractivity (Wildman–Crippen MR) is 128 cm³/mol. The first-order chi connectivity index (χ1) is 14.2. The van der Waals surface area contributed by atoms with Crippen LogP contribution in [0.1, 0.15) is 25.7 Å². The topological polar surface area (TPSA) is 107 Å². The second-order valence-electron chi connectivity index (χ2n) is 6.83. The Morgan fingerprint density at radius 2 is 1.55 bits per heavy atom. The molecule has 2 rings (SSSR count). The molecular weight excluding hydrogens is 786 g/mol. The highest BCUT2D eigenvalue weighted by atomic mass is 127. The monoisotopic (exact) mass is 802 g/mol. The van der Waals surface area contributed by atoms with E-state index in [4.69, 9.17) is 9.29 Å². The normalized spacial score (nSPS) is 20.7. The molecule has 1 N–H and O–H groups in total. The Morgan fingerprint density at radius 1 is 1.06 bits per heavy atom. The zero-order valence-corrected chi connectivity index (χ0v) is 22.8. The minimum absolute atomic E-state index is 0.0932.